The van der Waals surface area contributed by atoms with E-state index in [2.05, 4.69) is 11.2 Å². The molecule has 0 spiro atoms. The van der Waals surface area contributed by atoms with E-state index in [0.29, 0.717) is 13.1 Å². The third kappa shape index (κ3) is 3.23. The Labute approximate surface area is 142 Å². The van der Waals surface area contributed by atoms with Gasteiger partial charge in [0.05, 0.1) is 11.2 Å². The lowest BCUT2D eigenvalue weighted by molar-refractivity contribution is -0.125. The number of hydrogen-bond acceptors (Lipinski definition) is 2. The van der Waals surface area contributed by atoms with E-state index in [0.717, 1.165) is 22.3 Å². The first-order valence-electron chi connectivity index (χ1n) is 8.23. The molecule has 0 aliphatic carbocycles. The van der Waals surface area contributed by atoms with Gasteiger partial charge in [0.25, 0.3) is 0 Å². The maximum Gasteiger partial charge on any atom is 0.246 e. The summed E-state index contributed by atoms with van der Waals surface area (Å²) in [5.74, 6) is 0.0322. The fraction of sp³-hybridized carbons (Fsp3) is 0.200. The predicted octanol–water partition coefficient (Wildman–Crippen LogP) is 3.88. The van der Waals surface area contributed by atoms with Gasteiger partial charge < -0.3 is 4.90 Å². The second-order valence-electron chi connectivity index (χ2n) is 5.53. The second-order valence-corrected chi connectivity index (χ2v) is 5.53. The van der Waals surface area contributed by atoms with E-state index in [1.165, 1.54) is 0 Å². The summed E-state index contributed by atoms with van der Waals surface area (Å²) in [7, 11) is 0. The van der Waals surface area contributed by atoms with Gasteiger partial charge >= 0.3 is 0 Å². The van der Waals surface area contributed by atoms with E-state index in [4.69, 9.17) is 0 Å². The van der Waals surface area contributed by atoms with Crippen LogP contribution >= 0.6 is 0 Å². The molecule has 24 heavy (non-hydrogen) atoms. The van der Waals surface area contributed by atoms with Gasteiger partial charge in [-0.25, -0.2) is 4.52 Å². The van der Waals surface area contributed by atoms with Crippen molar-refractivity contribution < 1.29 is 4.79 Å². The van der Waals surface area contributed by atoms with Crippen molar-refractivity contribution in [3.8, 4) is 11.3 Å². The largest absolute Gasteiger partial charge is 0.340 e. The first kappa shape index (κ1) is 16.0. The van der Waals surface area contributed by atoms with Gasteiger partial charge in [-0.1, -0.05) is 36.4 Å². The van der Waals surface area contributed by atoms with Crippen molar-refractivity contribution in [2.24, 2.45) is 0 Å². The molecular formula is C20H21N3O. The normalized spacial score (nSPS) is 11.2. The molecule has 0 N–H and O–H groups in total. The lowest BCUT2D eigenvalue weighted by Crippen LogP contribution is -2.28. The summed E-state index contributed by atoms with van der Waals surface area (Å²) in [5.41, 5.74) is 3.97. The highest BCUT2D eigenvalue weighted by molar-refractivity contribution is 5.93. The summed E-state index contributed by atoms with van der Waals surface area (Å²) >= 11 is 0. The van der Waals surface area contributed by atoms with Gasteiger partial charge in [-0.05, 0) is 32.1 Å². The minimum Gasteiger partial charge on any atom is -0.340 e. The standard InChI is InChI=1S/C20H21N3O/c1-3-22(4-2)20(24)13-12-17-11-8-14-23-19(17)15-18(21-23)16-9-6-5-7-10-16/h5-15H,3-4H2,1-2H3. The molecule has 3 rings (SSSR count). The Balaban J connectivity index is 1.95. The van der Waals surface area contributed by atoms with Crippen LogP contribution in [0.25, 0.3) is 22.9 Å². The molecule has 0 aliphatic rings. The SMILES string of the molecule is CCN(CC)C(=O)C=Cc1cccn2nc(-c3ccccc3)cc12. The van der Waals surface area contributed by atoms with Crippen LogP contribution < -0.4 is 0 Å². The van der Waals surface area contributed by atoms with Crippen LogP contribution in [0.1, 0.15) is 19.4 Å². The van der Waals surface area contributed by atoms with Gasteiger partial charge in [0.1, 0.15) is 0 Å². The smallest absolute Gasteiger partial charge is 0.246 e. The quantitative estimate of drug-likeness (QED) is 0.669. The molecule has 1 aromatic carbocycles. The zero-order chi connectivity index (χ0) is 16.9. The van der Waals surface area contributed by atoms with Crippen LogP contribution in [0, 0.1) is 0 Å². The minimum absolute atomic E-state index is 0.0322. The summed E-state index contributed by atoms with van der Waals surface area (Å²) in [5, 5.41) is 4.63. The monoisotopic (exact) mass is 319 g/mol. The molecule has 0 fully saturated rings. The molecule has 2 heterocycles. The number of rotatable bonds is 5. The van der Waals surface area contributed by atoms with Crippen molar-refractivity contribution in [3.05, 3.63) is 66.4 Å². The number of nitrogens with zero attached hydrogens (tertiary/aromatic N) is 3. The fourth-order valence-corrected chi connectivity index (χ4v) is 2.73. The van der Waals surface area contributed by atoms with Crippen molar-refractivity contribution in [2.45, 2.75) is 13.8 Å². The number of benzene rings is 1. The Morgan fingerprint density at radius 1 is 1.12 bits per heavy atom. The Morgan fingerprint density at radius 2 is 1.88 bits per heavy atom. The summed E-state index contributed by atoms with van der Waals surface area (Å²) in [6.45, 7) is 5.40. The third-order valence-corrected chi connectivity index (χ3v) is 4.08. The molecule has 122 valence electrons. The van der Waals surface area contributed by atoms with E-state index in [1.807, 2.05) is 73.1 Å². The third-order valence-electron chi connectivity index (χ3n) is 4.08. The minimum atomic E-state index is 0.0322. The number of hydrogen-bond donors (Lipinski definition) is 0. The number of fused-ring (bicyclic) bond motifs is 1. The molecule has 0 unspecified atom stereocenters. The van der Waals surface area contributed by atoms with Gasteiger partial charge in [-0.3, -0.25) is 4.79 Å². The molecule has 0 saturated carbocycles. The van der Waals surface area contributed by atoms with Gasteiger partial charge in [0.15, 0.2) is 0 Å². The van der Waals surface area contributed by atoms with E-state index in [9.17, 15) is 4.79 Å². The van der Waals surface area contributed by atoms with Gasteiger partial charge in [0.2, 0.25) is 5.91 Å². The van der Waals surface area contributed by atoms with E-state index in [-0.39, 0.29) is 5.91 Å². The number of carbonyl (C=O) groups excluding carboxylic acids is 1. The van der Waals surface area contributed by atoms with Crippen LogP contribution in [-0.4, -0.2) is 33.5 Å². The number of pyridine rings is 1. The molecule has 0 radical (unpaired) electrons. The van der Waals surface area contributed by atoms with Crippen molar-refractivity contribution in [3.63, 3.8) is 0 Å². The molecule has 4 heteroatoms. The van der Waals surface area contributed by atoms with Crippen molar-refractivity contribution >= 4 is 17.5 Å². The highest BCUT2D eigenvalue weighted by atomic mass is 16.2. The first-order chi connectivity index (χ1) is 11.7. The summed E-state index contributed by atoms with van der Waals surface area (Å²) < 4.78 is 1.85. The Bertz CT molecular complexity index is 861. The maximum atomic E-state index is 12.2. The molecule has 0 saturated heterocycles. The van der Waals surface area contributed by atoms with Crippen LogP contribution in [-0.2, 0) is 4.79 Å². The molecule has 0 atom stereocenters. The van der Waals surface area contributed by atoms with Crippen molar-refractivity contribution in [1.29, 1.82) is 0 Å². The maximum absolute atomic E-state index is 12.2. The molecule has 3 aromatic rings. The Morgan fingerprint density at radius 3 is 2.58 bits per heavy atom. The highest BCUT2D eigenvalue weighted by Gasteiger charge is 2.08. The zero-order valence-corrected chi connectivity index (χ0v) is 14.0. The Kier molecular flexibility index (Phi) is 4.75. The van der Waals surface area contributed by atoms with E-state index in [1.54, 1.807) is 11.0 Å². The number of likely N-dealkylation sites (N-methyl/N-ethyl adjacent to an activating group) is 1. The number of amides is 1. The van der Waals surface area contributed by atoms with Gasteiger partial charge in [0, 0.05) is 36.5 Å². The zero-order valence-electron chi connectivity index (χ0n) is 14.0. The predicted molar refractivity (Wildman–Crippen MR) is 97.6 cm³/mol. The van der Waals surface area contributed by atoms with Crippen LogP contribution in [0.15, 0.2) is 60.8 Å². The first-order valence-corrected chi connectivity index (χ1v) is 8.23. The van der Waals surface area contributed by atoms with Crippen LogP contribution in [0.2, 0.25) is 0 Å². The number of aromatic nitrogens is 2. The lowest BCUT2D eigenvalue weighted by atomic mass is 10.1. The Hall–Kier alpha value is -2.88. The fourth-order valence-electron chi connectivity index (χ4n) is 2.73. The van der Waals surface area contributed by atoms with E-state index < -0.39 is 0 Å². The molecule has 0 aliphatic heterocycles. The van der Waals surface area contributed by atoms with Crippen LogP contribution in [0.4, 0.5) is 0 Å². The second kappa shape index (κ2) is 7.13. The number of carbonyl (C=O) groups is 1. The average Bonchev–Trinajstić information content (AvgIpc) is 3.06. The molecule has 0 bridgehead atoms. The van der Waals surface area contributed by atoms with E-state index >= 15 is 0 Å². The summed E-state index contributed by atoms with van der Waals surface area (Å²) in [6, 6.07) is 16.1. The van der Waals surface area contributed by atoms with Crippen LogP contribution in [0.3, 0.4) is 0 Å². The van der Waals surface area contributed by atoms with Gasteiger partial charge in [-0.2, -0.15) is 5.10 Å². The van der Waals surface area contributed by atoms with Crippen molar-refractivity contribution in [2.75, 3.05) is 13.1 Å². The molecule has 1 amide bonds. The van der Waals surface area contributed by atoms with Gasteiger partial charge in [-0.15, -0.1) is 0 Å². The highest BCUT2D eigenvalue weighted by Crippen LogP contribution is 2.22. The molecular weight excluding hydrogens is 298 g/mol. The molecule has 4 nitrogen and oxygen atoms in total. The van der Waals surface area contributed by atoms with Crippen LogP contribution in [0.5, 0.6) is 0 Å². The topological polar surface area (TPSA) is 37.6 Å². The lowest BCUT2D eigenvalue weighted by Gasteiger charge is -2.15. The van der Waals surface area contributed by atoms with Crippen molar-refractivity contribution in [1.82, 2.24) is 14.5 Å². The average molecular weight is 319 g/mol. The summed E-state index contributed by atoms with van der Waals surface area (Å²) in [4.78, 5) is 14.0. The molecule has 2 aromatic heterocycles. The summed E-state index contributed by atoms with van der Waals surface area (Å²) in [6.07, 6.45) is 5.43.